The van der Waals surface area contributed by atoms with E-state index < -0.39 is 11.9 Å². The molecule has 1 heterocycles. The first-order valence-corrected chi connectivity index (χ1v) is 8.45. The second-order valence-electron chi connectivity index (χ2n) is 6.39. The van der Waals surface area contributed by atoms with Gasteiger partial charge in [-0.05, 0) is 29.3 Å². The van der Waals surface area contributed by atoms with Gasteiger partial charge >= 0.3 is 6.18 Å². The van der Waals surface area contributed by atoms with E-state index in [9.17, 15) is 18.0 Å². The van der Waals surface area contributed by atoms with Crippen molar-refractivity contribution < 1.29 is 18.0 Å². The molecule has 2 aromatic carbocycles. The number of Topliss-reactive ketones (excluding diaryl/α,β-unsaturated/α-hetero) is 1. The molecule has 3 aromatic rings. The number of fused-ring (bicyclic) bond motifs is 1. The third-order valence-electron chi connectivity index (χ3n) is 4.46. The molecule has 6 heteroatoms. The van der Waals surface area contributed by atoms with Crippen LogP contribution in [0.25, 0.3) is 17.3 Å². The maximum absolute atomic E-state index is 13.6. The molecule has 1 aliphatic carbocycles. The number of ketones is 1. The first-order chi connectivity index (χ1) is 12.9. The van der Waals surface area contributed by atoms with Crippen molar-refractivity contribution in [1.29, 1.82) is 0 Å². The number of halogens is 3. The fraction of sp³-hybridized carbons (Fsp3) is 0.143. The van der Waals surface area contributed by atoms with E-state index in [1.54, 1.807) is 36.4 Å². The summed E-state index contributed by atoms with van der Waals surface area (Å²) in [6.07, 6.45) is -3.04. The number of hydrogen-bond donors (Lipinski definition) is 0. The normalized spacial score (nSPS) is 15.8. The third kappa shape index (κ3) is 3.30. The maximum Gasteiger partial charge on any atom is 0.435 e. The summed E-state index contributed by atoms with van der Waals surface area (Å²) in [7, 11) is 0. The molecular formula is C21H15F3N2O. The Morgan fingerprint density at radius 3 is 2.19 bits per heavy atom. The van der Waals surface area contributed by atoms with Gasteiger partial charge in [0, 0.05) is 18.4 Å². The Balaban J connectivity index is 1.98. The molecular weight excluding hydrogens is 353 g/mol. The zero-order valence-electron chi connectivity index (χ0n) is 14.2. The van der Waals surface area contributed by atoms with Crippen molar-refractivity contribution in [1.82, 2.24) is 9.78 Å². The van der Waals surface area contributed by atoms with Crippen LogP contribution < -0.4 is 0 Å². The molecule has 0 saturated heterocycles. The summed E-state index contributed by atoms with van der Waals surface area (Å²) in [5.41, 5.74) is 1.20. The van der Waals surface area contributed by atoms with E-state index in [-0.39, 0.29) is 24.2 Å². The van der Waals surface area contributed by atoms with Crippen molar-refractivity contribution in [3.05, 3.63) is 83.2 Å². The summed E-state index contributed by atoms with van der Waals surface area (Å²) >= 11 is 0. The number of para-hydroxylation sites is 1. The number of benzene rings is 2. The SMILES string of the molecule is O=C1CC(=Cc2ccccc2)c2c(c(C(F)(F)F)nn2-c2ccccc2)C1. The first kappa shape index (κ1) is 17.3. The molecule has 4 rings (SSSR count). The van der Waals surface area contributed by atoms with Crippen LogP contribution in [-0.2, 0) is 17.4 Å². The summed E-state index contributed by atoms with van der Waals surface area (Å²) < 4.78 is 42.0. The average molecular weight is 368 g/mol. The smallest absolute Gasteiger partial charge is 0.299 e. The molecule has 27 heavy (non-hydrogen) atoms. The van der Waals surface area contributed by atoms with E-state index in [0.29, 0.717) is 17.0 Å². The molecule has 0 radical (unpaired) electrons. The Bertz CT molecular complexity index is 1020. The van der Waals surface area contributed by atoms with Gasteiger partial charge in [-0.25, -0.2) is 4.68 Å². The number of nitrogens with zero attached hydrogens (tertiary/aromatic N) is 2. The van der Waals surface area contributed by atoms with Crippen LogP contribution in [0.1, 0.15) is 28.9 Å². The predicted octanol–water partition coefficient (Wildman–Crippen LogP) is 4.95. The zero-order valence-corrected chi connectivity index (χ0v) is 14.2. The van der Waals surface area contributed by atoms with Crippen LogP contribution in [0, 0.1) is 0 Å². The van der Waals surface area contributed by atoms with E-state index in [4.69, 9.17) is 0 Å². The third-order valence-corrected chi connectivity index (χ3v) is 4.46. The molecule has 0 atom stereocenters. The summed E-state index contributed by atoms with van der Waals surface area (Å²) in [6.45, 7) is 0. The largest absolute Gasteiger partial charge is 0.435 e. The fourth-order valence-electron chi connectivity index (χ4n) is 3.36. The van der Waals surface area contributed by atoms with E-state index in [0.717, 1.165) is 5.56 Å². The van der Waals surface area contributed by atoms with Crippen molar-refractivity contribution in [3.8, 4) is 5.69 Å². The standard InChI is InChI=1S/C21H15F3N2O/c22-21(23,24)20-18-13-17(27)12-15(11-14-7-3-1-4-8-14)19(18)26(25-20)16-9-5-2-6-10-16/h1-11H,12-13H2. The van der Waals surface area contributed by atoms with Gasteiger partial charge in [0.2, 0.25) is 0 Å². The average Bonchev–Trinajstić information content (AvgIpc) is 3.03. The van der Waals surface area contributed by atoms with E-state index in [1.807, 2.05) is 30.3 Å². The van der Waals surface area contributed by atoms with Crippen LogP contribution in [0.3, 0.4) is 0 Å². The molecule has 0 fully saturated rings. The van der Waals surface area contributed by atoms with Crippen LogP contribution in [0.5, 0.6) is 0 Å². The molecule has 0 amide bonds. The lowest BCUT2D eigenvalue weighted by molar-refractivity contribution is -0.142. The lowest BCUT2D eigenvalue weighted by atomic mass is 9.88. The number of rotatable bonds is 2. The van der Waals surface area contributed by atoms with Gasteiger partial charge in [-0.3, -0.25) is 4.79 Å². The fourth-order valence-corrected chi connectivity index (χ4v) is 3.36. The highest BCUT2D eigenvalue weighted by molar-refractivity contribution is 6.00. The van der Waals surface area contributed by atoms with E-state index in [1.165, 1.54) is 4.68 Å². The van der Waals surface area contributed by atoms with Gasteiger partial charge in [0.15, 0.2) is 5.69 Å². The summed E-state index contributed by atoms with van der Waals surface area (Å²) in [6, 6.07) is 17.9. The number of hydrogen-bond acceptors (Lipinski definition) is 2. The van der Waals surface area contributed by atoms with Crippen molar-refractivity contribution in [2.75, 3.05) is 0 Å². The monoisotopic (exact) mass is 368 g/mol. The predicted molar refractivity (Wildman–Crippen MR) is 96.2 cm³/mol. The van der Waals surface area contributed by atoms with E-state index in [2.05, 4.69) is 5.10 Å². The topological polar surface area (TPSA) is 34.9 Å². The van der Waals surface area contributed by atoms with Crippen LogP contribution in [0.15, 0.2) is 60.7 Å². The Morgan fingerprint density at radius 1 is 0.926 bits per heavy atom. The van der Waals surface area contributed by atoms with Crippen LogP contribution in [0.2, 0.25) is 0 Å². The Kier molecular flexibility index (Phi) is 4.18. The van der Waals surface area contributed by atoms with Crippen LogP contribution in [-0.4, -0.2) is 15.6 Å². The highest BCUT2D eigenvalue weighted by Gasteiger charge is 2.42. The number of carbonyl (C=O) groups excluding carboxylic acids is 1. The molecule has 0 aliphatic heterocycles. The summed E-state index contributed by atoms with van der Waals surface area (Å²) in [4.78, 5) is 12.2. The van der Waals surface area contributed by atoms with Gasteiger partial charge in [-0.15, -0.1) is 0 Å². The van der Waals surface area contributed by atoms with Gasteiger partial charge in [-0.1, -0.05) is 48.5 Å². The molecule has 0 bridgehead atoms. The summed E-state index contributed by atoms with van der Waals surface area (Å²) in [5.74, 6) is -0.247. The van der Waals surface area contributed by atoms with Crippen molar-refractivity contribution in [2.24, 2.45) is 0 Å². The zero-order chi connectivity index (χ0) is 19.0. The van der Waals surface area contributed by atoms with Crippen LogP contribution in [0.4, 0.5) is 13.2 Å². The van der Waals surface area contributed by atoms with Crippen molar-refractivity contribution in [2.45, 2.75) is 19.0 Å². The molecule has 136 valence electrons. The van der Waals surface area contributed by atoms with E-state index >= 15 is 0 Å². The highest BCUT2D eigenvalue weighted by atomic mass is 19.4. The van der Waals surface area contributed by atoms with Gasteiger partial charge in [0.25, 0.3) is 0 Å². The number of aromatic nitrogens is 2. The number of allylic oxidation sites excluding steroid dienone is 1. The Hall–Kier alpha value is -3.15. The first-order valence-electron chi connectivity index (χ1n) is 8.45. The second kappa shape index (κ2) is 6.54. The number of carbonyl (C=O) groups is 1. The lowest BCUT2D eigenvalue weighted by Crippen LogP contribution is -2.17. The molecule has 0 saturated carbocycles. The molecule has 0 N–H and O–H groups in total. The molecule has 1 aliphatic rings. The molecule has 0 unspecified atom stereocenters. The minimum Gasteiger partial charge on any atom is -0.299 e. The quantitative estimate of drug-likeness (QED) is 0.642. The molecule has 1 aromatic heterocycles. The minimum absolute atomic E-state index is 0.0511. The Morgan fingerprint density at radius 2 is 1.56 bits per heavy atom. The van der Waals surface area contributed by atoms with Crippen molar-refractivity contribution >= 4 is 17.4 Å². The van der Waals surface area contributed by atoms with Gasteiger partial charge in [0.05, 0.1) is 11.4 Å². The summed E-state index contributed by atoms with van der Waals surface area (Å²) in [5, 5.41) is 3.86. The van der Waals surface area contributed by atoms with Gasteiger partial charge in [0.1, 0.15) is 5.78 Å². The maximum atomic E-state index is 13.6. The Labute approximate surface area is 153 Å². The molecule has 0 spiro atoms. The second-order valence-corrected chi connectivity index (χ2v) is 6.39. The van der Waals surface area contributed by atoms with Crippen molar-refractivity contribution in [3.63, 3.8) is 0 Å². The van der Waals surface area contributed by atoms with Crippen LogP contribution >= 0.6 is 0 Å². The minimum atomic E-state index is -4.63. The number of alkyl halides is 3. The highest BCUT2D eigenvalue weighted by Crippen LogP contribution is 2.40. The van der Waals surface area contributed by atoms with Gasteiger partial charge < -0.3 is 0 Å². The van der Waals surface area contributed by atoms with Gasteiger partial charge in [-0.2, -0.15) is 18.3 Å². The lowest BCUT2D eigenvalue weighted by Gasteiger charge is -2.18. The molecule has 3 nitrogen and oxygen atoms in total.